The average molecular weight is 504 g/mol. The molecule has 2 aromatic carbocycles. The van der Waals surface area contributed by atoms with Gasteiger partial charge in [-0.3, -0.25) is 14.4 Å². The van der Waals surface area contributed by atoms with E-state index in [1.165, 1.54) is 25.1 Å². The van der Waals surface area contributed by atoms with Gasteiger partial charge in [-0.15, -0.1) is 10.2 Å². The van der Waals surface area contributed by atoms with Crippen LogP contribution in [0.25, 0.3) is 26.6 Å². The maximum atomic E-state index is 12.8. The van der Waals surface area contributed by atoms with Crippen LogP contribution in [0.3, 0.4) is 0 Å². The zero-order valence-corrected chi connectivity index (χ0v) is 18.5. The fourth-order valence-electron chi connectivity index (χ4n) is 2.71. The van der Waals surface area contributed by atoms with E-state index in [9.17, 15) is 26.2 Å². The van der Waals surface area contributed by atoms with Crippen LogP contribution < -0.4 is 5.56 Å². The first-order chi connectivity index (χ1) is 16.0. The molecule has 0 amide bonds. The van der Waals surface area contributed by atoms with E-state index in [0.717, 1.165) is 28.9 Å². The van der Waals surface area contributed by atoms with Crippen molar-refractivity contribution in [2.75, 3.05) is 0 Å². The minimum absolute atomic E-state index is 0.0971. The molecular formula is C16H12N10O6S2. The Labute approximate surface area is 190 Å². The highest BCUT2D eigenvalue weighted by molar-refractivity contribution is 7.90. The van der Waals surface area contributed by atoms with Gasteiger partial charge in [-0.05, 0) is 54.4 Å². The Kier molecular flexibility index (Phi) is 6.53. The number of azide groups is 2. The predicted octanol–water partition coefficient (Wildman–Crippen LogP) is 4.08. The Hall–Kier alpha value is -4.47. The molecule has 0 unspecified atom stereocenters. The maximum absolute atomic E-state index is 12.8. The monoisotopic (exact) mass is 504 g/mol. The van der Waals surface area contributed by atoms with Crippen molar-refractivity contribution < 1.29 is 21.4 Å². The van der Waals surface area contributed by atoms with Gasteiger partial charge in [0.05, 0.1) is 16.3 Å². The van der Waals surface area contributed by atoms with Crippen molar-refractivity contribution >= 4 is 37.2 Å². The molecule has 174 valence electrons. The van der Waals surface area contributed by atoms with Crippen LogP contribution in [0, 0.1) is 6.92 Å². The average Bonchev–Trinajstić information content (AvgIpc) is 3.06. The van der Waals surface area contributed by atoms with Crippen LogP contribution >= 0.6 is 0 Å². The molecule has 3 aromatic rings. The molecule has 0 bridgehead atoms. The highest BCUT2D eigenvalue weighted by Gasteiger charge is 2.18. The summed E-state index contributed by atoms with van der Waals surface area (Å²) in [5.74, 6) is 0. The van der Waals surface area contributed by atoms with Crippen molar-refractivity contribution in [3.63, 3.8) is 0 Å². The van der Waals surface area contributed by atoms with Crippen LogP contribution in [0.5, 0.6) is 0 Å². The fourth-order valence-corrected chi connectivity index (χ4v) is 4.02. The lowest BCUT2D eigenvalue weighted by Gasteiger charge is -2.03. The van der Waals surface area contributed by atoms with E-state index in [2.05, 4.69) is 34.8 Å². The maximum Gasteiger partial charge on any atom is 0.299 e. The van der Waals surface area contributed by atoms with Crippen molar-refractivity contribution in [3.8, 4) is 5.69 Å². The molecule has 0 aliphatic heterocycles. The largest absolute Gasteiger partial charge is 0.299 e. The minimum atomic E-state index is -4.76. The highest BCUT2D eigenvalue weighted by Crippen LogP contribution is 2.30. The van der Waals surface area contributed by atoms with E-state index in [1.54, 1.807) is 0 Å². The summed E-state index contributed by atoms with van der Waals surface area (Å²) in [6.07, 6.45) is 0. The summed E-state index contributed by atoms with van der Waals surface area (Å²) in [5, 5.41) is 13.5. The molecule has 0 radical (unpaired) electrons. The molecule has 34 heavy (non-hydrogen) atoms. The molecule has 0 atom stereocenters. The lowest BCUT2D eigenvalue weighted by atomic mass is 10.3. The minimum Gasteiger partial charge on any atom is -0.293 e. The molecule has 1 heterocycles. The number of azo groups is 1. The van der Waals surface area contributed by atoms with Gasteiger partial charge in [0.2, 0.25) is 0 Å². The van der Waals surface area contributed by atoms with Crippen molar-refractivity contribution in [2.24, 2.45) is 19.9 Å². The summed E-state index contributed by atoms with van der Waals surface area (Å²) in [6.45, 7) is 1.49. The van der Waals surface area contributed by atoms with Crippen LogP contribution in [0.4, 0.5) is 17.1 Å². The number of benzene rings is 2. The van der Waals surface area contributed by atoms with E-state index in [4.69, 9.17) is 11.1 Å². The van der Waals surface area contributed by atoms with Gasteiger partial charge >= 0.3 is 0 Å². The molecule has 0 saturated heterocycles. The first kappa shape index (κ1) is 24.2. The normalized spacial score (nSPS) is 11.7. The van der Waals surface area contributed by atoms with Crippen molar-refractivity contribution in [1.29, 1.82) is 0 Å². The third-order valence-corrected chi connectivity index (χ3v) is 6.26. The summed E-state index contributed by atoms with van der Waals surface area (Å²) < 4.78 is 60.1. The van der Waals surface area contributed by atoms with Crippen LogP contribution in [-0.4, -0.2) is 31.2 Å². The summed E-state index contributed by atoms with van der Waals surface area (Å²) in [7, 11) is -8.97. The second-order valence-corrected chi connectivity index (χ2v) is 9.36. The lowest BCUT2D eigenvalue weighted by Crippen LogP contribution is -2.14. The first-order valence-corrected chi connectivity index (χ1v) is 11.7. The van der Waals surface area contributed by atoms with Crippen LogP contribution in [0.1, 0.15) is 5.69 Å². The summed E-state index contributed by atoms with van der Waals surface area (Å²) in [6, 6.07) is 8.07. The van der Waals surface area contributed by atoms with Crippen LogP contribution in [0.15, 0.2) is 76.9 Å². The van der Waals surface area contributed by atoms with E-state index < -0.39 is 30.6 Å². The second kappa shape index (κ2) is 9.18. The van der Waals surface area contributed by atoms with Crippen molar-refractivity contribution in [2.45, 2.75) is 16.7 Å². The number of nitrogens with zero attached hydrogens (tertiary/aromatic N) is 9. The van der Waals surface area contributed by atoms with Crippen molar-refractivity contribution in [1.82, 2.24) is 9.78 Å². The molecule has 18 heteroatoms. The number of rotatable bonds is 7. The molecule has 2 N–H and O–H groups in total. The van der Waals surface area contributed by atoms with E-state index >= 15 is 0 Å². The van der Waals surface area contributed by atoms with E-state index in [-0.39, 0.29) is 33.3 Å². The van der Waals surface area contributed by atoms with Gasteiger partial charge < -0.3 is 0 Å². The molecule has 16 nitrogen and oxygen atoms in total. The van der Waals surface area contributed by atoms with Gasteiger partial charge in [0.25, 0.3) is 25.7 Å². The van der Waals surface area contributed by atoms with Gasteiger partial charge in [0.1, 0.15) is 10.6 Å². The van der Waals surface area contributed by atoms with E-state index in [1.807, 2.05) is 0 Å². The Morgan fingerprint density at radius 2 is 1.68 bits per heavy atom. The summed E-state index contributed by atoms with van der Waals surface area (Å²) in [4.78, 5) is 16.6. The Bertz CT molecular complexity index is 1670. The molecule has 0 saturated carbocycles. The standard InChI is InChI=1S/C16H12N10O6S2/c1-9-15(21-20-13-7-2-10(19-23-17)8-14(13)34(30,31)32)16(27)26(22-9)11-3-5-12(6-4-11)33(28,29)25-24-18/h2-8,22H,1H3,(H,30,31,32). The SMILES string of the molecule is Cc1[nH]n(-c2ccc(S(=O)(=O)N=[N+]=[N-])cc2)c(=O)c1N=Nc1ccc(N=[N+]=[N-])cc1S(=O)(=O)O. The Morgan fingerprint density at radius 3 is 2.26 bits per heavy atom. The van der Waals surface area contributed by atoms with Gasteiger partial charge in [-0.25, -0.2) is 13.1 Å². The third kappa shape index (κ3) is 4.96. The quantitative estimate of drug-likeness (QED) is 0.207. The molecule has 0 spiro atoms. The number of hydrogen-bond donors (Lipinski definition) is 2. The fraction of sp³-hybridized carbons (Fsp3) is 0.0625. The number of aryl methyl sites for hydroxylation is 1. The van der Waals surface area contributed by atoms with Gasteiger partial charge in [-0.1, -0.05) is 11.2 Å². The number of hydrogen-bond acceptors (Lipinski definition) is 8. The van der Waals surface area contributed by atoms with Crippen molar-refractivity contribution in [3.05, 3.63) is 79.4 Å². The summed E-state index contributed by atoms with van der Waals surface area (Å²) in [5.41, 5.74) is 16.0. The zero-order chi connectivity index (χ0) is 25.1. The van der Waals surface area contributed by atoms with Crippen LogP contribution in [0.2, 0.25) is 0 Å². The second-order valence-electron chi connectivity index (χ2n) is 6.38. The van der Waals surface area contributed by atoms with Crippen LogP contribution in [-0.2, 0) is 20.1 Å². The number of aromatic nitrogens is 2. The van der Waals surface area contributed by atoms with Gasteiger partial charge in [0, 0.05) is 20.0 Å². The third-order valence-electron chi connectivity index (χ3n) is 4.22. The number of H-pyrrole nitrogens is 1. The molecule has 0 aliphatic rings. The topological polar surface area (TPSA) is 249 Å². The first-order valence-electron chi connectivity index (χ1n) is 8.80. The zero-order valence-electron chi connectivity index (χ0n) is 16.9. The highest BCUT2D eigenvalue weighted by atomic mass is 32.2. The molecule has 3 rings (SSSR count). The number of aromatic amines is 1. The Morgan fingerprint density at radius 1 is 1.00 bits per heavy atom. The Balaban J connectivity index is 2.03. The molecular weight excluding hydrogens is 492 g/mol. The summed E-state index contributed by atoms with van der Waals surface area (Å²) >= 11 is 0. The number of sulfonamides is 1. The van der Waals surface area contributed by atoms with Gasteiger partial charge in [-0.2, -0.15) is 8.42 Å². The molecule has 1 aromatic heterocycles. The lowest BCUT2D eigenvalue weighted by molar-refractivity contribution is 0.483. The molecule has 0 aliphatic carbocycles. The number of nitrogens with one attached hydrogen (secondary N) is 1. The van der Waals surface area contributed by atoms with E-state index in [0.29, 0.717) is 0 Å². The van der Waals surface area contributed by atoms with Gasteiger partial charge in [0.15, 0.2) is 5.69 Å². The smallest absolute Gasteiger partial charge is 0.293 e. The molecule has 0 fully saturated rings. The predicted molar refractivity (Wildman–Crippen MR) is 117 cm³/mol.